The van der Waals surface area contributed by atoms with Crippen LogP contribution in [0.1, 0.15) is 15.9 Å². The molecule has 0 atom stereocenters. The van der Waals surface area contributed by atoms with E-state index in [4.69, 9.17) is 9.47 Å². The summed E-state index contributed by atoms with van der Waals surface area (Å²) in [5.74, 6) is 1.68. The van der Waals surface area contributed by atoms with E-state index in [1.165, 1.54) is 5.56 Å². The van der Waals surface area contributed by atoms with E-state index in [9.17, 15) is 4.79 Å². The van der Waals surface area contributed by atoms with Gasteiger partial charge in [-0.25, -0.2) is 0 Å². The molecular weight excluding hydrogens is 362 g/mol. The van der Waals surface area contributed by atoms with E-state index in [0.717, 1.165) is 69.6 Å². The lowest BCUT2D eigenvalue weighted by Gasteiger charge is -2.21. The number of aryl methyl sites for hydroxylation is 2. The fraction of sp³-hybridized carbons (Fsp3) is 0.160. The molecule has 0 amide bonds. The minimum absolute atomic E-state index is 0.751. The molecule has 0 radical (unpaired) electrons. The van der Waals surface area contributed by atoms with Crippen molar-refractivity contribution in [2.24, 2.45) is 0 Å². The molecule has 0 aliphatic carbocycles. The van der Waals surface area contributed by atoms with Crippen LogP contribution >= 0.6 is 0 Å². The quantitative estimate of drug-likeness (QED) is 0.445. The number of aldehydes is 1. The molecule has 4 heteroatoms. The molecule has 3 aromatic carbocycles. The van der Waals surface area contributed by atoms with Crippen LogP contribution in [-0.2, 0) is 13.0 Å². The van der Waals surface area contributed by atoms with Crippen LogP contribution in [0.4, 0.5) is 0 Å². The number of hydrogen-bond acceptors (Lipinski definition) is 3. The highest BCUT2D eigenvalue weighted by molar-refractivity contribution is 6.06. The van der Waals surface area contributed by atoms with Gasteiger partial charge >= 0.3 is 0 Å². The van der Waals surface area contributed by atoms with Crippen LogP contribution in [0.25, 0.3) is 33.3 Å². The summed E-state index contributed by atoms with van der Waals surface area (Å²) >= 11 is 0. The molecule has 1 aliphatic heterocycles. The van der Waals surface area contributed by atoms with Crippen molar-refractivity contribution in [2.75, 3.05) is 14.2 Å². The Morgan fingerprint density at radius 2 is 1.59 bits per heavy atom. The molecule has 29 heavy (non-hydrogen) atoms. The maximum absolute atomic E-state index is 12.2. The Hall–Kier alpha value is -3.53. The third-order valence-electron chi connectivity index (χ3n) is 5.82. The highest BCUT2D eigenvalue weighted by Crippen LogP contribution is 2.40. The van der Waals surface area contributed by atoms with Gasteiger partial charge in [-0.15, -0.1) is 0 Å². The van der Waals surface area contributed by atoms with Crippen molar-refractivity contribution in [1.82, 2.24) is 4.57 Å². The number of nitrogens with zero attached hydrogens (tertiary/aromatic N) is 1. The molecule has 0 bridgehead atoms. The van der Waals surface area contributed by atoms with Crippen LogP contribution in [0.5, 0.6) is 11.5 Å². The molecule has 5 rings (SSSR count). The summed E-state index contributed by atoms with van der Waals surface area (Å²) in [7, 11) is 3.34. The van der Waals surface area contributed by atoms with Crippen molar-refractivity contribution in [3.05, 3.63) is 71.8 Å². The number of carbonyl (C=O) groups excluding carboxylic acids is 1. The third-order valence-corrected chi connectivity index (χ3v) is 5.82. The van der Waals surface area contributed by atoms with Gasteiger partial charge in [0.25, 0.3) is 0 Å². The van der Waals surface area contributed by atoms with Crippen LogP contribution in [0.15, 0.2) is 60.7 Å². The monoisotopic (exact) mass is 383 g/mol. The lowest BCUT2D eigenvalue weighted by Crippen LogP contribution is -2.11. The van der Waals surface area contributed by atoms with Gasteiger partial charge in [0.1, 0.15) is 11.5 Å². The zero-order valence-corrected chi connectivity index (χ0v) is 16.4. The van der Waals surface area contributed by atoms with E-state index in [2.05, 4.69) is 34.9 Å². The number of benzene rings is 3. The number of rotatable bonds is 4. The number of aromatic nitrogens is 1. The van der Waals surface area contributed by atoms with Crippen molar-refractivity contribution in [3.63, 3.8) is 0 Å². The Morgan fingerprint density at radius 1 is 0.862 bits per heavy atom. The fourth-order valence-electron chi connectivity index (χ4n) is 4.35. The van der Waals surface area contributed by atoms with Crippen molar-refractivity contribution < 1.29 is 14.3 Å². The molecule has 4 nitrogen and oxygen atoms in total. The number of hydrogen-bond donors (Lipinski definition) is 0. The molecule has 0 saturated carbocycles. The SMILES string of the molecule is COc1ccc(-c2ccc3c(c2)c(C=O)c2n3CCc3cc(OC)ccc3-2)cc1. The summed E-state index contributed by atoms with van der Waals surface area (Å²) in [6, 6.07) is 20.5. The second kappa shape index (κ2) is 6.82. The van der Waals surface area contributed by atoms with Gasteiger partial charge in [-0.1, -0.05) is 18.2 Å². The van der Waals surface area contributed by atoms with Crippen LogP contribution in [0, 0.1) is 0 Å². The van der Waals surface area contributed by atoms with Gasteiger partial charge in [0, 0.05) is 28.6 Å². The second-order valence-electron chi connectivity index (χ2n) is 7.27. The second-order valence-corrected chi connectivity index (χ2v) is 7.27. The van der Waals surface area contributed by atoms with E-state index in [1.807, 2.05) is 30.3 Å². The van der Waals surface area contributed by atoms with Crippen LogP contribution < -0.4 is 9.47 Å². The summed E-state index contributed by atoms with van der Waals surface area (Å²) in [5, 5.41) is 0.993. The van der Waals surface area contributed by atoms with Crippen LogP contribution in [-0.4, -0.2) is 25.1 Å². The minimum Gasteiger partial charge on any atom is -0.497 e. The van der Waals surface area contributed by atoms with Gasteiger partial charge < -0.3 is 14.0 Å². The first-order valence-corrected chi connectivity index (χ1v) is 9.66. The molecule has 0 unspecified atom stereocenters. The first-order chi connectivity index (χ1) is 14.2. The average molecular weight is 383 g/mol. The maximum Gasteiger partial charge on any atom is 0.152 e. The first kappa shape index (κ1) is 17.6. The Morgan fingerprint density at radius 3 is 2.31 bits per heavy atom. The molecule has 0 saturated heterocycles. The molecule has 144 valence electrons. The van der Waals surface area contributed by atoms with Crippen LogP contribution in [0.2, 0.25) is 0 Å². The summed E-state index contributed by atoms with van der Waals surface area (Å²) in [4.78, 5) is 12.2. The standard InChI is InChI=1S/C25H21NO3/c1-28-19-6-3-16(4-7-19)17-5-10-24-22(14-17)23(15-27)25-21-9-8-20(29-2)13-18(21)11-12-26(24)25/h3-10,13-15H,11-12H2,1-2H3. The summed E-state index contributed by atoms with van der Waals surface area (Å²) in [6.07, 6.45) is 1.91. The lowest BCUT2D eigenvalue weighted by molar-refractivity contribution is 0.112. The lowest BCUT2D eigenvalue weighted by atomic mass is 9.95. The Balaban J connectivity index is 1.70. The average Bonchev–Trinajstić information content (AvgIpc) is 3.11. The topological polar surface area (TPSA) is 40.5 Å². The van der Waals surface area contributed by atoms with Gasteiger partial charge in [0.2, 0.25) is 0 Å². The maximum atomic E-state index is 12.2. The fourth-order valence-corrected chi connectivity index (χ4v) is 4.35. The summed E-state index contributed by atoms with van der Waals surface area (Å²) < 4.78 is 12.9. The van der Waals surface area contributed by atoms with Crippen molar-refractivity contribution in [3.8, 4) is 33.9 Å². The van der Waals surface area contributed by atoms with Gasteiger partial charge in [0.15, 0.2) is 6.29 Å². The number of methoxy groups -OCH3 is 2. The highest BCUT2D eigenvalue weighted by atomic mass is 16.5. The largest absolute Gasteiger partial charge is 0.497 e. The van der Waals surface area contributed by atoms with E-state index < -0.39 is 0 Å². The smallest absolute Gasteiger partial charge is 0.152 e. The van der Waals surface area contributed by atoms with Crippen LogP contribution in [0.3, 0.4) is 0 Å². The van der Waals surface area contributed by atoms with Gasteiger partial charge in [-0.05, 0) is 65.6 Å². The van der Waals surface area contributed by atoms with Crippen molar-refractivity contribution in [1.29, 1.82) is 0 Å². The number of carbonyl (C=O) groups is 1. The molecule has 0 spiro atoms. The highest BCUT2D eigenvalue weighted by Gasteiger charge is 2.24. The molecule has 4 aromatic rings. The first-order valence-electron chi connectivity index (χ1n) is 9.66. The third kappa shape index (κ3) is 2.71. The summed E-state index contributed by atoms with van der Waals surface area (Å²) in [5.41, 5.74) is 7.37. The van der Waals surface area contributed by atoms with Gasteiger partial charge in [0.05, 0.1) is 19.9 Å². The van der Waals surface area contributed by atoms with E-state index >= 15 is 0 Å². The van der Waals surface area contributed by atoms with E-state index in [-0.39, 0.29) is 0 Å². The zero-order valence-electron chi connectivity index (χ0n) is 16.4. The molecule has 1 aliphatic rings. The Kier molecular flexibility index (Phi) is 4.13. The molecular formula is C25H21NO3. The van der Waals surface area contributed by atoms with Gasteiger partial charge in [-0.3, -0.25) is 4.79 Å². The Labute approximate surface area is 169 Å². The van der Waals surface area contributed by atoms with Gasteiger partial charge in [-0.2, -0.15) is 0 Å². The predicted molar refractivity (Wildman–Crippen MR) is 115 cm³/mol. The molecule has 1 aromatic heterocycles. The zero-order chi connectivity index (χ0) is 20.0. The van der Waals surface area contributed by atoms with E-state index in [1.54, 1.807) is 14.2 Å². The predicted octanol–water partition coefficient (Wildman–Crippen LogP) is 5.36. The molecule has 0 fully saturated rings. The molecule has 0 N–H and O–H groups in total. The van der Waals surface area contributed by atoms with E-state index in [0.29, 0.717) is 0 Å². The van der Waals surface area contributed by atoms with Crippen molar-refractivity contribution in [2.45, 2.75) is 13.0 Å². The molecule has 2 heterocycles. The normalized spacial score (nSPS) is 12.3. The summed E-state index contributed by atoms with van der Waals surface area (Å²) in [6.45, 7) is 0.849. The van der Waals surface area contributed by atoms with Crippen molar-refractivity contribution >= 4 is 17.2 Å². The Bertz CT molecular complexity index is 1240. The minimum atomic E-state index is 0.751. The number of ether oxygens (including phenoxy) is 2. The number of fused-ring (bicyclic) bond motifs is 5.